The number of rotatable bonds is 4. The molecular formula is C16H15BrF2. The molecule has 0 nitrogen and oxygen atoms in total. The lowest BCUT2D eigenvalue weighted by atomic mass is 9.92. The predicted octanol–water partition coefficient (Wildman–Crippen LogP) is 4.99. The van der Waals surface area contributed by atoms with Crippen LogP contribution in [0.5, 0.6) is 0 Å². The molecule has 2 rings (SSSR count). The van der Waals surface area contributed by atoms with Crippen molar-refractivity contribution in [1.29, 1.82) is 0 Å². The molecule has 0 fully saturated rings. The van der Waals surface area contributed by atoms with E-state index in [-0.39, 0.29) is 11.5 Å². The highest BCUT2D eigenvalue weighted by Gasteiger charge is 2.16. The first kappa shape index (κ1) is 14.2. The first-order chi connectivity index (χ1) is 9.11. The van der Waals surface area contributed by atoms with Crippen LogP contribution in [0.3, 0.4) is 0 Å². The summed E-state index contributed by atoms with van der Waals surface area (Å²) in [6.07, 6.45) is 0.354. The molecule has 0 bridgehead atoms. The summed E-state index contributed by atoms with van der Waals surface area (Å²) in [4.78, 5) is 0. The number of aryl methyl sites for hydroxylation is 1. The van der Waals surface area contributed by atoms with Gasteiger partial charge in [-0.3, -0.25) is 0 Å². The lowest BCUT2D eigenvalue weighted by Crippen LogP contribution is -2.08. The molecule has 19 heavy (non-hydrogen) atoms. The molecule has 0 saturated carbocycles. The van der Waals surface area contributed by atoms with Crippen molar-refractivity contribution in [3.05, 3.63) is 70.8 Å². The van der Waals surface area contributed by atoms with Crippen LogP contribution >= 0.6 is 15.9 Å². The largest absolute Gasteiger partial charge is 0.207 e. The minimum Gasteiger partial charge on any atom is -0.207 e. The summed E-state index contributed by atoms with van der Waals surface area (Å²) in [5.41, 5.74) is 2.42. The monoisotopic (exact) mass is 324 g/mol. The lowest BCUT2D eigenvalue weighted by Gasteiger charge is -2.16. The van der Waals surface area contributed by atoms with E-state index in [1.807, 2.05) is 31.2 Å². The molecule has 0 saturated heterocycles. The van der Waals surface area contributed by atoms with E-state index in [1.54, 1.807) is 0 Å². The standard InChI is InChI=1S/C16H15BrF2/c1-11-5-7-12(8-6-11)13(10-17)9-14-15(18)3-2-4-16(14)19/h2-8,13H,9-10H2,1H3. The summed E-state index contributed by atoms with van der Waals surface area (Å²) in [5, 5.41) is 0.670. The molecule has 1 unspecified atom stereocenters. The van der Waals surface area contributed by atoms with Gasteiger partial charge in [0.2, 0.25) is 0 Å². The van der Waals surface area contributed by atoms with E-state index in [0.29, 0.717) is 11.8 Å². The molecule has 1 atom stereocenters. The Kier molecular flexibility index (Phi) is 4.70. The molecule has 0 radical (unpaired) electrons. The van der Waals surface area contributed by atoms with Crippen molar-refractivity contribution in [3.8, 4) is 0 Å². The van der Waals surface area contributed by atoms with Crippen LogP contribution in [0.15, 0.2) is 42.5 Å². The number of hydrogen-bond donors (Lipinski definition) is 0. The predicted molar refractivity (Wildman–Crippen MR) is 77.8 cm³/mol. The summed E-state index contributed by atoms with van der Waals surface area (Å²) in [6, 6.07) is 12.1. The van der Waals surface area contributed by atoms with Gasteiger partial charge in [0.1, 0.15) is 11.6 Å². The van der Waals surface area contributed by atoms with Gasteiger partial charge >= 0.3 is 0 Å². The van der Waals surface area contributed by atoms with Gasteiger partial charge in [0.15, 0.2) is 0 Å². The van der Waals surface area contributed by atoms with E-state index < -0.39 is 11.6 Å². The summed E-state index contributed by atoms with van der Waals surface area (Å²) >= 11 is 3.43. The minimum atomic E-state index is -0.474. The SMILES string of the molecule is Cc1ccc(C(CBr)Cc2c(F)cccc2F)cc1. The van der Waals surface area contributed by atoms with Gasteiger partial charge in [-0.2, -0.15) is 0 Å². The molecule has 0 spiro atoms. The molecule has 2 aromatic carbocycles. The van der Waals surface area contributed by atoms with Gasteiger partial charge in [0.25, 0.3) is 0 Å². The normalized spacial score (nSPS) is 12.4. The van der Waals surface area contributed by atoms with E-state index in [0.717, 1.165) is 5.56 Å². The maximum Gasteiger partial charge on any atom is 0.129 e. The highest BCUT2D eigenvalue weighted by molar-refractivity contribution is 9.09. The molecule has 0 aliphatic rings. The Morgan fingerprint density at radius 3 is 2.11 bits per heavy atom. The summed E-state index contributed by atoms with van der Waals surface area (Å²) in [6.45, 7) is 2.02. The second-order valence-electron chi connectivity index (χ2n) is 4.67. The highest BCUT2D eigenvalue weighted by atomic mass is 79.9. The molecule has 2 aromatic rings. The molecule has 0 N–H and O–H groups in total. The smallest absolute Gasteiger partial charge is 0.129 e. The molecule has 0 aliphatic heterocycles. The molecule has 0 aliphatic carbocycles. The Balaban J connectivity index is 2.26. The van der Waals surface area contributed by atoms with Crippen LogP contribution in [0.4, 0.5) is 8.78 Å². The van der Waals surface area contributed by atoms with Gasteiger partial charge in [0, 0.05) is 10.9 Å². The zero-order valence-electron chi connectivity index (χ0n) is 10.7. The van der Waals surface area contributed by atoms with Crippen LogP contribution in [0.1, 0.15) is 22.6 Å². The van der Waals surface area contributed by atoms with Crippen molar-refractivity contribution in [1.82, 2.24) is 0 Å². The maximum atomic E-state index is 13.7. The quantitative estimate of drug-likeness (QED) is 0.695. The fourth-order valence-electron chi connectivity index (χ4n) is 2.07. The van der Waals surface area contributed by atoms with E-state index in [2.05, 4.69) is 15.9 Å². The Bertz CT molecular complexity index is 529. The molecule has 0 heterocycles. The number of benzene rings is 2. The van der Waals surface area contributed by atoms with E-state index in [9.17, 15) is 8.78 Å². The van der Waals surface area contributed by atoms with Crippen LogP contribution in [-0.2, 0) is 6.42 Å². The van der Waals surface area contributed by atoms with Crippen molar-refractivity contribution < 1.29 is 8.78 Å². The first-order valence-electron chi connectivity index (χ1n) is 6.17. The third-order valence-electron chi connectivity index (χ3n) is 3.25. The average molecular weight is 325 g/mol. The molecule has 3 heteroatoms. The van der Waals surface area contributed by atoms with E-state index in [4.69, 9.17) is 0 Å². The fourth-order valence-corrected chi connectivity index (χ4v) is 2.68. The maximum absolute atomic E-state index is 13.7. The van der Waals surface area contributed by atoms with Crippen molar-refractivity contribution in [2.45, 2.75) is 19.3 Å². The Hall–Kier alpha value is -1.22. The zero-order valence-corrected chi connectivity index (χ0v) is 12.3. The molecule has 0 amide bonds. The van der Waals surface area contributed by atoms with E-state index in [1.165, 1.54) is 23.8 Å². The zero-order chi connectivity index (χ0) is 13.8. The number of hydrogen-bond acceptors (Lipinski definition) is 0. The Morgan fingerprint density at radius 1 is 1.00 bits per heavy atom. The molecular weight excluding hydrogens is 310 g/mol. The first-order valence-corrected chi connectivity index (χ1v) is 7.29. The van der Waals surface area contributed by atoms with Gasteiger partial charge in [-0.25, -0.2) is 8.78 Å². The number of alkyl halides is 1. The van der Waals surface area contributed by atoms with Crippen LogP contribution in [0.2, 0.25) is 0 Å². The van der Waals surface area contributed by atoms with Crippen LogP contribution < -0.4 is 0 Å². The van der Waals surface area contributed by atoms with Gasteiger partial charge in [-0.1, -0.05) is 51.8 Å². The minimum absolute atomic E-state index is 0.0620. The summed E-state index contributed by atoms with van der Waals surface area (Å²) in [7, 11) is 0. The molecule has 100 valence electrons. The second-order valence-corrected chi connectivity index (χ2v) is 5.31. The van der Waals surface area contributed by atoms with Gasteiger partial charge < -0.3 is 0 Å². The number of halogens is 3. The van der Waals surface area contributed by atoms with Crippen molar-refractivity contribution >= 4 is 15.9 Å². The third-order valence-corrected chi connectivity index (χ3v) is 4.03. The summed E-state index contributed by atoms with van der Waals surface area (Å²) < 4.78 is 27.3. The van der Waals surface area contributed by atoms with Gasteiger partial charge in [0.05, 0.1) is 0 Å². The fraction of sp³-hybridized carbons (Fsp3) is 0.250. The van der Waals surface area contributed by atoms with Crippen molar-refractivity contribution in [3.63, 3.8) is 0 Å². The third kappa shape index (κ3) is 3.41. The summed E-state index contributed by atoms with van der Waals surface area (Å²) in [5.74, 6) is -0.886. The lowest BCUT2D eigenvalue weighted by molar-refractivity contribution is 0.545. The second kappa shape index (κ2) is 6.29. The van der Waals surface area contributed by atoms with Crippen molar-refractivity contribution in [2.24, 2.45) is 0 Å². The van der Waals surface area contributed by atoms with Crippen LogP contribution in [-0.4, -0.2) is 5.33 Å². The van der Waals surface area contributed by atoms with Gasteiger partial charge in [-0.15, -0.1) is 0 Å². The van der Waals surface area contributed by atoms with E-state index >= 15 is 0 Å². The molecule has 0 aromatic heterocycles. The topological polar surface area (TPSA) is 0 Å². The van der Waals surface area contributed by atoms with Crippen molar-refractivity contribution in [2.75, 3.05) is 5.33 Å². The van der Waals surface area contributed by atoms with Crippen LogP contribution in [0, 0.1) is 18.6 Å². The Morgan fingerprint density at radius 2 is 1.58 bits per heavy atom. The average Bonchev–Trinajstić information content (AvgIpc) is 2.40. The highest BCUT2D eigenvalue weighted by Crippen LogP contribution is 2.26. The van der Waals surface area contributed by atoms with Crippen LogP contribution in [0.25, 0.3) is 0 Å². The van der Waals surface area contributed by atoms with Gasteiger partial charge in [-0.05, 0) is 37.0 Å². The Labute approximate surface area is 120 Å².